The van der Waals surface area contributed by atoms with Gasteiger partial charge in [-0.3, -0.25) is 0 Å². The molecule has 2 aromatic carbocycles. The number of benzene rings is 2. The van der Waals surface area contributed by atoms with Crippen LogP contribution in [0.5, 0.6) is 0 Å². The summed E-state index contributed by atoms with van der Waals surface area (Å²) < 4.78 is 29.7. The first-order chi connectivity index (χ1) is 11.4. The van der Waals surface area contributed by atoms with Crippen molar-refractivity contribution in [3.05, 3.63) is 59.4 Å². The van der Waals surface area contributed by atoms with Crippen LogP contribution in [0.4, 0.5) is 0 Å². The van der Waals surface area contributed by atoms with Crippen LogP contribution in [0.1, 0.15) is 17.0 Å². The minimum atomic E-state index is -3.51. The number of para-hydroxylation sites is 2. The van der Waals surface area contributed by atoms with Crippen molar-refractivity contribution in [1.29, 1.82) is 0 Å². The fourth-order valence-corrected chi connectivity index (χ4v) is 4.19. The Morgan fingerprint density at radius 1 is 1.08 bits per heavy atom. The van der Waals surface area contributed by atoms with Crippen molar-refractivity contribution in [2.75, 3.05) is 6.54 Å². The van der Waals surface area contributed by atoms with Crippen molar-refractivity contribution in [1.82, 2.24) is 14.3 Å². The number of aryl methyl sites for hydroxylation is 3. The van der Waals surface area contributed by atoms with Crippen LogP contribution < -0.4 is 4.72 Å². The highest BCUT2D eigenvalue weighted by Gasteiger charge is 2.16. The van der Waals surface area contributed by atoms with Crippen molar-refractivity contribution < 1.29 is 8.42 Å². The third kappa shape index (κ3) is 3.20. The molecule has 0 spiro atoms. The summed E-state index contributed by atoms with van der Waals surface area (Å²) in [6, 6.07) is 13.2. The van der Waals surface area contributed by atoms with E-state index < -0.39 is 10.0 Å². The van der Waals surface area contributed by atoms with Crippen molar-refractivity contribution in [3.8, 4) is 0 Å². The van der Waals surface area contributed by atoms with Gasteiger partial charge in [0, 0.05) is 13.1 Å². The molecule has 0 aliphatic carbocycles. The minimum absolute atomic E-state index is 0.316. The molecule has 0 bridgehead atoms. The van der Waals surface area contributed by atoms with Crippen molar-refractivity contribution in [3.63, 3.8) is 0 Å². The maximum Gasteiger partial charge on any atom is 0.240 e. The smallest absolute Gasteiger partial charge is 0.240 e. The van der Waals surface area contributed by atoms with Crippen LogP contribution in [-0.2, 0) is 16.6 Å². The summed E-state index contributed by atoms with van der Waals surface area (Å²) in [5.41, 5.74) is 3.74. The van der Waals surface area contributed by atoms with E-state index in [9.17, 15) is 8.42 Å². The molecule has 0 aliphatic heterocycles. The summed E-state index contributed by atoms with van der Waals surface area (Å²) in [6.45, 7) is 6.55. The average Bonchev–Trinajstić information content (AvgIpc) is 2.83. The molecule has 0 saturated carbocycles. The monoisotopic (exact) mass is 343 g/mol. The number of fused-ring (bicyclic) bond motifs is 1. The van der Waals surface area contributed by atoms with Gasteiger partial charge in [0.1, 0.15) is 5.82 Å². The van der Waals surface area contributed by atoms with Gasteiger partial charge in [0.2, 0.25) is 10.0 Å². The van der Waals surface area contributed by atoms with Crippen LogP contribution in [0.15, 0.2) is 47.4 Å². The summed E-state index contributed by atoms with van der Waals surface area (Å²) in [7, 11) is -3.51. The maximum absolute atomic E-state index is 12.5. The predicted molar refractivity (Wildman–Crippen MR) is 95.6 cm³/mol. The average molecular weight is 343 g/mol. The first-order valence-corrected chi connectivity index (χ1v) is 9.35. The topological polar surface area (TPSA) is 64.0 Å². The molecule has 1 N–H and O–H groups in total. The number of nitrogens with zero attached hydrogens (tertiary/aromatic N) is 2. The third-order valence-electron chi connectivity index (χ3n) is 4.09. The molecule has 24 heavy (non-hydrogen) atoms. The van der Waals surface area contributed by atoms with Gasteiger partial charge in [0.05, 0.1) is 15.9 Å². The lowest BCUT2D eigenvalue weighted by atomic mass is 10.2. The van der Waals surface area contributed by atoms with Gasteiger partial charge in [-0.2, -0.15) is 0 Å². The number of imidazole rings is 1. The molecule has 0 unspecified atom stereocenters. The second-order valence-electron chi connectivity index (χ2n) is 5.97. The van der Waals surface area contributed by atoms with Gasteiger partial charge < -0.3 is 4.57 Å². The Morgan fingerprint density at radius 2 is 1.83 bits per heavy atom. The number of hydrogen-bond donors (Lipinski definition) is 1. The zero-order chi connectivity index (χ0) is 17.3. The highest BCUT2D eigenvalue weighted by atomic mass is 32.2. The van der Waals surface area contributed by atoms with Gasteiger partial charge in [0.25, 0.3) is 0 Å². The molecule has 0 fully saturated rings. The number of nitrogens with one attached hydrogen (secondary N) is 1. The van der Waals surface area contributed by atoms with Crippen LogP contribution in [0.3, 0.4) is 0 Å². The molecule has 3 aromatic rings. The Hall–Kier alpha value is -2.18. The highest BCUT2D eigenvalue weighted by Crippen LogP contribution is 2.17. The summed E-state index contributed by atoms with van der Waals surface area (Å²) in [6.07, 6.45) is 0. The SMILES string of the molecule is Cc1ccc(S(=O)(=O)NCCn2c(C)nc3ccccc32)c(C)c1. The fourth-order valence-electron chi connectivity index (χ4n) is 2.95. The maximum atomic E-state index is 12.5. The fraction of sp³-hybridized carbons (Fsp3) is 0.278. The van der Waals surface area contributed by atoms with Gasteiger partial charge in [0.15, 0.2) is 0 Å². The Kier molecular flexibility index (Phi) is 4.43. The largest absolute Gasteiger partial charge is 0.327 e. The molecular weight excluding hydrogens is 322 g/mol. The standard InChI is InChI=1S/C18H21N3O2S/c1-13-8-9-18(14(2)12-13)24(22,23)19-10-11-21-15(3)20-16-6-4-5-7-17(16)21/h4-9,12,19H,10-11H2,1-3H3. The normalized spacial score (nSPS) is 12.0. The number of rotatable bonds is 5. The predicted octanol–water partition coefficient (Wildman–Crippen LogP) is 2.94. The lowest BCUT2D eigenvalue weighted by Crippen LogP contribution is -2.28. The number of sulfonamides is 1. The van der Waals surface area contributed by atoms with Crippen LogP contribution in [-0.4, -0.2) is 24.5 Å². The van der Waals surface area contributed by atoms with E-state index in [2.05, 4.69) is 9.71 Å². The molecule has 6 heteroatoms. The van der Waals surface area contributed by atoms with Gasteiger partial charge in [-0.1, -0.05) is 29.8 Å². The van der Waals surface area contributed by atoms with Gasteiger partial charge in [-0.15, -0.1) is 0 Å². The Bertz CT molecular complexity index is 991. The van der Waals surface area contributed by atoms with Crippen molar-refractivity contribution >= 4 is 21.1 Å². The third-order valence-corrected chi connectivity index (χ3v) is 5.71. The molecule has 126 valence electrons. The minimum Gasteiger partial charge on any atom is -0.327 e. The van der Waals surface area contributed by atoms with Crippen LogP contribution in [0.2, 0.25) is 0 Å². The highest BCUT2D eigenvalue weighted by molar-refractivity contribution is 7.89. The van der Waals surface area contributed by atoms with E-state index in [1.807, 2.05) is 61.7 Å². The summed E-state index contributed by atoms with van der Waals surface area (Å²) in [4.78, 5) is 4.83. The Balaban J connectivity index is 1.76. The first kappa shape index (κ1) is 16.7. The van der Waals surface area contributed by atoms with Gasteiger partial charge in [-0.25, -0.2) is 18.1 Å². The van der Waals surface area contributed by atoms with Gasteiger partial charge in [-0.05, 0) is 44.5 Å². The molecule has 0 saturated heterocycles. The van der Waals surface area contributed by atoms with Crippen LogP contribution >= 0.6 is 0 Å². The lowest BCUT2D eigenvalue weighted by Gasteiger charge is -2.11. The molecule has 1 aromatic heterocycles. The second kappa shape index (κ2) is 6.37. The first-order valence-electron chi connectivity index (χ1n) is 7.87. The molecule has 0 radical (unpaired) electrons. The molecule has 0 aliphatic rings. The van der Waals surface area contributed by atoms with Gasteiger partial charge >= 0.3 is 0 Å². The molecule has 0 atom stereocenters. The van der Waals surface area contributed by atoms with Crippen molar-refractivity contribution in [2.45, 2.75) is 32.2 Å². The Labute approximate surface area is 142 Å². The second-order valence-corrected chi connectivity index (χ2v) is 7.70. The van der Waals surface area contributed by atoms with E-state index in [4.69, 9.17) is 0 Å². The molecule has 5 nitrogen and oxygen atoms in total. The zero-order valence-electron chi connectivity index (χ0n) is 14.1. The molecular formula is C18H21N3O2S. The van der Waals surface area contributed by atoms with E-state index in [0.29, 0.717) is 18.0 Å². The van der Waals surface area contributed by atoms with E-state index in [1.54, 1.807) is 6.07 Å². The summed E-state index contributed by atoms with van der Waals surface area (Å²) >= 11 is 0. The number of aromatic nitrogens is 2. The molecule has 3 rings (SSSR count). The zero-order valence-corrected chi connectivity index (χ0v) is 14.9. The van der Waals surface area contributed by atoms with E-state index in [0.717, 1.165) is 28.0 Å². The Morgan fingerprint density at radius 3 is 2.58 bits per heavy atom. The van der Waals surface area contributed by atoms with Crippen molar-refractivity contribution in [2.24, 2.45) is 0 Å². The summed E-state index contributed by atoms with van der Waals surface area (Å²) in [5.74, 6) is 0.877. The van der Waals surface area contributed by atoms with Crippen LogP contribution in [0.25, 0.3) is 11.0 Å². The number of hydrogen-bond acceptors (Lipinski definition) is 3. The van der Waals surface area contributed by atoms with Crippen LogP contribution in [0, 0.1) is 20.8 Å². The summed E-state index contributed by atoms with van der Waals surface area (Å²) in [5, 5.41) is 0. The quantitative estimate of drug-likeness (QED) is 0.775. The molecule has 1 heterocycles. The van der Waals surface area contributed by atoms with E-state index >= 15 is 0 Å². The van der Waals surface area contributed by atoms with E-state index in [1.165, 1.54) is 0 Å². The lowest BCUT2D eigenvalue weighted by molar-refractivity contribution is 0.572. The van der Waals surface area contributed by atoms with E-state index in [-0.39, 0.29) is 0 Å². The molecule has 0 amide bonds.